The third kappa shape index (κ3) is 6.31. The molecule has 194 valence electrons. The van der Waals surface area contributed by atoms with Crippen molar-refractivity contribution in [3.8, 4) is 0 Å². The minimum atomic E-state index is -0.0169. The maximum atomic E-state index is 13.5. The van der Waals surface area contributed by atoms with Crippen LogP contribution in [-0.4, -0.2) is 101 Å². The van der Waals surface area contributed by atoms with E-state index in [9.17, 15) is 9.59 Å². The molecule has 3 aliphatic rings. The molecule has 9 heteroatoms. The van der Waals surface area contributed by atoms with E-state index in [0.29, 0.717) is 11.6 Å². The molecule has 2 aromatic rings. The first-order valence-corrected chi connectivity index (χ1v) is 12.7. The SMILES string of the molecule is CN1CCC(N2CCN(C(=O)CN(C(=O)c3ccc4cc[nH]c4c3)C3CCCC3)CC2)CC1.Cl.Cl. The van der Waals surface area contributed by atoms with Crippen molar-refractivity contribution >= 4 is 47.5 Å². The van der Waals surface area contributed by atoms with Crippen molar-refractivity contribution in [2.24, 2.45) is 0 Å². The fourth-order valence-electron chi connectivity index (χ4n) is 5.87. The number of hydrogen-bond acceptors (Lipinski definition) is 4. The zero-order valence-corrected chi connectivity index (χ0v) is 22.3. The van der Waals surface area contributed by atoms with Crippen LogP contribution in [0.15, 0.2) is 30.5 Å². The van der Waals surface area contributed by atoms with E-state index in [1.54, 1.807) is 0 Å². The lowest BCUT2D eigenvalue weighted by atomic mass is 10.0. The number of halogens is 2. The van der Waals surface area contributed by atoms with Gasteiger partial charge in [0.1, 0.15) is 6.54 Å². The molecular formula is C26H39Cl2N5O2. The van der Waals surface area contributed by atoms with Crippen molar-refractivity contribution in [3.63, 3.8) is 0 Å². The van der Waals surface area contributed by atoms with Crippen molar-refractivity contribution in [2.45, 2.75) is 50.6 Å². The number of carbonyl (C=O) groups is 2. The highest BCUT2D eigenvalue weighted by atomic mass is 35.5. The second kappa shape index (κ2) is 12.4. The average Bonchev–Trinajstić information content (AvgIpc) is 3.54. The van der Waals surface area contributed by atoms with Gasteiger partial charge < -0.3 is 19.7 Å². The number of nitrogens with zero attached hydrogens (tertiary/aromatic N) is 4. The first-order valence-electron chi connectivity index (χ1n) is 12.7. The van der Waals surface area contributed by atoms with E-state index >= 15 is 0 Å². The fourth-order valence-corrected chi connectivity index (χ4v) is 5.87. The molecule has 2 aliphatic heterocycles. The van der Waals surface area contributed by atoms with Crippen molar-refractivity contribution in [1.29, 1.82) is 0 Å². The molecule has 7 nitrogen and oxygen atoms in total. The normalized spacial score (nSPS) is 20.4. The summed E-state index contributed by atoms with van der Waals surface area (Å²) < 4.78 is 0. The number of piperazine rings is 1. The number of H-pyrrole nitrogens is 1. The van der Waals surface area contributed by atoms with Crippen LogP contribution in [0.3, 0.4) is 0 Å². The van der Waals surface area contributed by atoms with E-state index in [1.807, 2.05) is 40.3 Å². The Morgan fingerprint density at radius 3 is 2.31 bits per heavy atom. The Kier molecular flexibility index (Phi) is 9.87. The molecule has 1 aromatic heterocycles. The second-order valence-electron chi connectivity index (χ2n) is 10.1. The summed E-state index contributed by atoms with van der Waals surface area (Å²) in [6.07, 6.45) is 8.59. The van der Waals surface area contributed by atoms with E-state index < -0.39 is 0 Å². The van der Waals surface area contributed by atoms with Gasteiger partial charge in [-0.2, -0.15) is 0 Å². The molecule has 0 atom stereocenters. The van der Waals surface area contributed by atoms with Gasteiger partial charge in [-0.25, -0.2) is 0 Å². The molecule has 1 aliphatic carbocycles. The Labute approximate surface area is 221 Å². The maximum absolute atomic E-state index is 13.5. The van der Waals surface area contributed by atoms with Crippen LogP contribution in [0.2, 0.25) is 0 Å². The number of carbonyl (C=O) groups excluding carboxylic acids is 2. The van der Waals surface area contributed by atoms with Crippen molar-refractivity contribution in [2.75, 3.05) is 52.9 Å². The molecule has 0 bridgehead atoms. The van der Waals surface area contributed by atoms with Crippen LogP contribution in [0.1, 0.15) is 48.9 Å². The van der Waals surface area contributed by atoms with E-state index in [-0.39, 0.29) is 49.2 Å². The van der Waals surface area contributed by atoms with Gasteiger partial charge in [0.2, 0.25) is 5.91 Å². The molecule has 1 saturated carbocycles. The summed E-state index contributed by atoms with van der Waals surface area (Å²) in [6, 6.07) is 8.62. The second-order valence-corrected chi connectivity index (χ2v) is 10.1. The van der Waals surface area contributed by atoms with Gasteiger partial charge >= 0.3 is 0 Å². The van der Waals surface area contributed by atoms with Gasteiger partial charge in [-0.3, -0.25) is 14.5 Å². The number of amides is 2. The van der Waals surface area contributed by atoms with Crippen molar-refractivity contribution in [1.82, 2.24) is 24.6 Å². The summed E-state index contributed by atoms with van der Waals surface area (Å²) in [5.74, 6) is 0.0796. The van der Waals surface area contributed by atoms with Gasteiger partial charge in [-0.15, -0.1) is 24.8 Å². The molecule has 35 heavy (non-hydrogen) atoms. The molecule has 5 rings (SSSR count). The largest absolute Gasteiger partial charge is 0.361 e. The molecule has 2 saturated heterocycles. The van der Waals surface area contributed by atoms with Crippen LogP contribution in [0, 0.1) is 0 Å². The number of aromatic amines is 1. The Morgan fingerprint density at radius 1 is 0.943 bits per heavy atom. The molecule has 0 spiro atoms. The predicted molar refractivity (Wildman–Crippen MR) is 145 cm³/mol. The smallest absolute Gasteiger partial charge is 0.254 e. The number of likely N-dealkylation sites (tertiary alicyclic amines) is 1. The molecule has 3 fully saturated rings. The van der Waals surface area contributed by atoms with E-state index in [2.05, 4.69) is 21.8 Å². The van der Waals surface area contributed by atoms with Crippen LogP contribution in [-0.2, 0) is 4.79 Å². The zero-order chi connectivity index (χ0) is 22.8. The van der Waals surface area contributed by atoms with Gasteiger partial charge in [0, 0.05) is 55.5 Å². The summed E-state index contributed by atoms with van der Waals surface area (Å²) in [4.78, 5) is 38.8. The van der Waals surface area contributed by atoms with E-state index in [1.165, 1.54) is 12.8 Å². The van der Waals surface area contributed by atoms with Crippen molar-refractivity contribution < 1.29 is 9.59 Å². The third-order valence-corrected chi connectivity index (χ3v) is 8.01. The van der Waals surface area contributed by atoms with Crippen LogP contribution in [0.25, 0.3) is 10.9 Å². The summed E-state index contributed by atoms with van der Waals surface area (Å²) in [7, 11) is 2.19. The highest BCUT2D eigenvalue weighted by Gasteiger charge is 2.33. The van der Waals surface area contributed by atoms with Gasteiger partial charge in [0.05, 0.1) is 0 Å². The summed E-state index contributed by atoms with van der Waals surface area (Å²) in [6.45, 7) is 5.95. The van der Waals surface area contributed by atoms with Gasteiger partial charge in [-0.1, -0.05) is 18.9 Å². The minimum Gasteiger partial charge on any atom is -0.361 e. The Balaban J connectivity index is 0.00000171. The first-order chi connectivity index (χ1) is 16.1. The summed E-state index contributed by atoms with van der Waals surface area (Å²) in [5.41, 5.74) is 1.63. The zero-order valence-electron chi connectivity index (χ0n) is 20.7. The van der Waals surface area contributed by atoms with Crippen molar-refractivity contribution in [3.05, 3.63) is 36.0 Å². The van der Waals surface area contributed by atoms with Crippen LogP contribution < -0.4 is 0 Å². The number of benzene rings is 1. The number of rotatable bonds is 5. The number of nitrogens with one attached hydrogen (secondary N) is 1. The number of fused-ring (bicyclic) bond motifs is 1. The molecule has 1 aromatic carbocycles. The topological polar surface area (TPSA) is 62.9 Å². The van der Waals surface area contributed by atoms with Crippen LogP contribution >= 0.6 is 24.8 Å². The standard InChI is InChI=1S/C26H37N5O2.2ClH/c1-28-12-9-22(10-13-28)29-14-16-30(17-15-29)25(32)19-31(23-4-2-3-5-23)26(33)21-7-6-20-8-11-27-24(20)18-21;;/h6-8,11,18,22-23,27H,2-5,9-10,12-17,19H2,1H3;2*1H. The van der Waals surface area contributed by atoms with E-state index in [0.717, 1.165) is 75.9 Å². The molecule has 0 radical (unpaired) electrons. The third-order valence-electron chi connectivity index (χ3n) is 8.01. The average molecular weight is 525 g/mol. The molecular weight excluding hydrogens is 485 g/mol. The van der Waals surface area contributed by atoms with Crippen LogP contribution in [0.4, 0.5) is 0 Å². The number of hydrogen-bond donors (Lipinski definition) is 1. The number of piperidine rings is 1. The summed E-state index contributed by atoms with van der Waals surface area (Å²) in [5, 5.41) is 1.09. The number of aromatic nitrogens is 1. The molecule has 3 heterocycles. The quantitative estimate of drug-likeness (QED) is 0.649. The highest BCUT2D eigenvalue weighted by molar-refractivity contribution is 5.99. The lowest BCUT2D eigenvalue weighted by Crippen LogP contribution is -2.56. The first kappa shape index (κ1) is 27.8. The molecule has 2 amide bonds. The fraction of sp³-hybridized carbons (Fsp3) is 0.615. The highest BCUT2D eigenvalue weighted by Crippen LogP contribution is 2.26. The Morgan fingerprint density at radius 2 is 1.63 bits per heavy atom. The Bertz CT molecular complexity index is 977. The Hall–Kier alpha value is -1.80. The summed E-state index contributed by atoms with van der Waals surface area (Å²) >= 11 is 0. The predicted octanol–water partition coefficient (Wildman–Crippen LogP) is 3.63. The van der Waals surface area contributed by atoms with E-state index in [4.69, 9.17) is 0 Å². The van der Waals surface area contributed by atoms with Gasteiger partial charge in [0.15, 0.2) is 0 Å². The molecule has 0 unspecified atom stereocenters. The minimum absolute atomic E-state index is 0. The van der Waals surface area contributed by atoms with Gasteiger partial charge in [0.25, 0.3) is 5.91 Å². The maximum Gasteiger partial charge on any atom is 0.254 e. The van der Waals surface area contributed by atoms with Crippen LogP contribution in [0.5, 0.6) is 0 Å². The van der Waals surface area contributed by atoms with Gasteiger partial charge in [-0.05, 0) is 69.4 Å². The monoisotopic (exact) mass is 523 g/mol. The lowest BCUT2D eigenvalue weighted by Gasteiger charge is -2.42. The molecule has 1 N–H and O–H groups in total. The lowest BCUT2D eigenvalue weighted by molar-refractivity contribution is -0.134.